The van der Waals surface area contributed by atoms with Gasteiger partial charge in [-0.15, -0.1) is 0 Å². The maximum absolute atomic E-state index is 13.5. The fourth-order valence-corrected chi connectivity index (χ4v) is 5.19. The molecule has 3 aromatic rings. The van der Waals surface area contributed by atoms with Gasteiger partial charge in [0.1, 0.15) is 23.9 Å². The Morgan fingerprint density at radius 2 is 1.80 bits per heavy atom. The lowest BCUT2D eigenvalue weighted by molar-refractivity contribution is -0.132. The van der Waals surface area contributed by atoms with Gasteiger partial charge in [0.15, 0.2) is 16.6 Å². The summed E-state index contributed by atoms with van der Waals surface area (Å²) in [6.45, 7) is 11.2. The molecule has 0 bridgehead atoms. The Bertz CT molecular complexity index is 1490. The van der Waals surface area contributed by atoms with Crippen molar-refractivity contribution >= 4 is 39.9 Å². The van der Waals surface area contributed by atoms with E-state index in [0.717, 1.165) is 11.3 Å². The van der Waals surface area contributed by atoms with Crippen LogP contribution in [0.3, 0.4) is 0 Å². The van der Waals surface area contributed by atoms with Gasteiger partial charge >= 0.3 is 11.9 Å². The minimum absolute atomic E-state index is 0.00752. The van der Waals surface area contributed by atoms with E-state index in [4.69, 9.17) is 14.2 Å². The summed E-state index contributed by atoms with van der Waals surface area (Å²) in [6.07, 6.45) is 3.04. The van der Waals surface area contributed by atoms with Crippen LogP contribution in [-0.4, -0.2) is 47.6 Å². The van der Waals surface area contributed by atoms with Gasteiger partial charge in [-0.2, -0.15) is 0 Å². The number of ketones is 1. The second kappa shape index (κ2) is 12.4. The number of aromatic nitrogens is 1. The molecule has 2 heterocycles. The van der Waals surface area contributed by atoms with Crippen LogP contribution in [0.2, 0.25) is 0 Å². The van der Waals surface area contributed by atoms with Crippen LogP contribution >= 0.6 is 11.3 Å². The third-order valence-corrected chi connectivity index (χ3v) is 7.08. The van der Waals surface area contributed by atoms with Crippen LogP contribution in [0.1, 0.15) is 39.5 Å². The normalized spacial score (nSPS) is 16.1. The smallest absolute Gasteiger partial charge is 0.350 e. The highest BCUT2D eigenvalue weighted by Crippen LogP contribution is 2.45. The van der Waals surface area contributed by atoms with Gasteiger partial charge in [0.25, 0.3) is 5.78 Å². The number of benzene rings is 2. The molecule has 1 unspecified atom stereocenters. The number of carbonyl (C=O) groups excluding carboxylic acids is 3. The second-order valence-corrected chi connectivity index (χ2v) is 9.55. The van der Waals surface area contributed by atoms with Gasteiger partial charge in [-0.3, -0.25) is 14.5 Å². The summed E-state index contributed by atoms with van der Waals surface area (Å²) in [6, 6.07) is 12.4. The van der Waals surface area contributed by atoms with Gasteiger partial charge in [-0.1, -0.05) is 73.0 Å². The summed E-state index contributed by atoms with van der Waals surface area (Å²) in [5.74, 6) is -1.91. The topological polar surface area (TPSA) is 115 Å². The van der Waals surface area contributed by atoms with Crippen molar-refractivity contribution in [2.45, 2.75) is 19.9 Å². The van der Waals surface area contributed by atoms with E-state index in [-0.39, 0.29) is 34.6 Å². The minimum Gasteiger partial charge on any atom is -0.507 e. The number of esters is 1. The molecular formula is C30H28N2O7S. The van der Waals surface area contributed by atoms with E-state index in [2.05, 4.69) is 18.1 Å². The summed E-state index contributed by atoms with van der Waals surface area (Å²) in [4.78, 5) is 45.4. The lowest BCUT2D eigenvalue weighted by Gasteiger charge is -2.24. The Kier molecular flexibility index (Phi) is 8.80. The van der Waals surface area contributed by atoms with E-state index >= 15 is 0 Å². The molecule has 1 saturated heterocycles. The highest BCUT2D eigenvalue weighted by atomic mass is 32.1. The maximum Gasteiger partial charge on any atom is 0.350 e. The molecule has 1 amide bonds. The molecule has 0 spiro atoms. The number of ether oxygens (including phenoxy) is 3. The van der Waals surface area contributed by atoms with Crippen LogP contribution in [0, 0.1) is 6.92 Å². The van der Waals surface area contributed by atoms with Gasteiger partial charge in [0.2, 0.25) is 0 Å². The zero-order valence-corrected chi connectivity index (χ0v) is 22.9. The highest BCUT2D eigenvalue weighted by molar-refractivity contribution is 7.17. The van der Waals surface area contributed by atoms with Crippen LogP contribution in [0.5, 0.6) is 11.5 Å². The van der Waals surface area contributed by atoms with Crippen LogP contribution in [-0.2, 0) is 14.3 Å². The van der Waals surface area contributed by atoms with E-state index in [1.54, 1.807) is 61.5 Å². The van der Waals surface area contributed by atoms with E-state index in [1.807, 2.05) is 6.92 Å². The molecule has 1 aliphatic rings. The molecule has 1 aliphatic heterocycles. The average Bonchev–Trinajstić information content (AvgIpc) is 3.47. The Morgan fingerprint density at radius 3 is 2.48 bits per heavy atom. The van der Waals surface area contributed by atoms with E-state index in [9.17, 15) is 19.5 Å². The molecule has 1 atom stereocenters. The number of carbonyl (C=O) groups is 3. The first-order chi connectivity index (χ1) is 19.3. The predicted octanol–water partition coefficient (Wildman–Crippen LogP) is 5.38. The first kappa shape index (κ1) is 28.3. The molecule has 1 aromatic heterocycles. The Hall–Kier alpha value is -4.70. The number of nitrogens with zero attached hydrogens (tertiary/aromatic N) is 2. The number of Topliss-reactive ketones (excluding diaryl/α,β-unsaturated/α-hetero) is 1. The van der Waals surface area contributed by atoms with E-state index < -0.39 is 23.7 Å². The molecule has 0 aliphatic carbocycles. The molecule has 0 saturated carbocycles. The molecule has 4 rings (SSSR count). The van der Waals surface area contributed by atoms with E-state index in [0.29, 0.717) is 34.9 Å². The van der Waals surface area contributed by atoms with Crippen molar-refractivity contribution < 1.29 is 33.7 Å². The van der Waals surface area contributed by atoms with Crippen molar-refractivity contribution in [3.05, 3.63) is 101 Å². The third kappa shape index (κ3) is 5.52. The van der Waals surface area contributed by atoms with Crippen LogP contribution < -0.4 is 14.4 Å². The number of hydrogen-bond acceptors (Lipinski definition) is 9. The zero-order valence-electron chi connectivity index (χ0n) is 22.1. The zero-order chi connectivity index (χ0) is 28.8. The molecule has 0 radical (unpaired) electrons. The van der Waals surface area contributed by atoms with Gasteiger partial charge < -0.3 is 19.3 Å². The average molecular weight is 561 g/mol. The number of aliphatic hydroxyl groups is 1. The number of hydrogen-bond donors (Lipinski definition) is 1. The fourth-order valence-electron chi connectivity index (χ4n) is 4.20. The Morgan fingerprint density at radius 1 is 1.07 bits per heavy atom. The van der Waals surface area contributed by atoms with Crippen molar-refractivity contribution in [2.75, 3.05) is 24.7 Å². The standard InChI is InChI=1S/C30H28N2O7S/c1-5-15-38-21-14-13-20(17-22(21)37-7-3)24-23(25(33)19-11-9-8-10-12-19)26(34)28(35)32(24)30-31-18(4)27(40-30)29(36)39-16-6-2/h5-6,8-14,17,24,33H,1-2,7,15-16H2,3-4H3/b25-23+. The Balaban J connectivity index is 1.91. The van der Waals surface area contributed by atoms with E-state index in [1.165, 1.54) is 11.0 Å². The number of aryl methyl sites for hydroxylation is 1. The third-order valence-electron chi connectivity index (χ3n) is 5.94. The molecule has 10 heteroatoms. The van der Waals surface area contributed by atoms with Gasteiger partial charge in [0.05, 0.1) is 23.9 Å². The van der Waals surface area contributed by atoms with Gasteiger partial charge in [-0.05, 0) is 31.5 Å². The number of anilines is 1. The summed E-state index contributed by atoms with van der Waals surface area (Å²) >= 11 is 0.919. The van der Waals surface area contributed by atoms with Crippen LogP contribution in [0.4, 0.5) is 5.13 Å². The lowest BCUT2D eigenvalue weighted by Crippen LogP contribution is -2.29. The first-order valence-electron chi connectivity index (χ1n) is 12.4. The van der Waals surface area contributed by atoms with Crippen molar-refractivity contribution in [1.82, 2.24) is 4.98 Å². The molecule has 206 valence electrons. The quantitative estimate of drug-likeness (QED) is 0.109. The fraction of sp³-hybridized carbons (Fsp3) is 0.200. The molecule has 40 heavy (non-hydrogen) atoms. The van der Waals surface area contributed by atoms with Gasteiger partial charge in [0, 0.05) is 5.56 Å². The first-order valence-corrected chi connectivity index (χ1v) is 13.3. The van der Waals surface area contributed by atoms with Crippen molar-refractivity contribution in [3.8, 4) is 11.5 Å². The Labute approximate surface area is 235 Å². The minimum atomic E-state index is -1.07. The van der Waals surface area contributed by atoms with Crippen molar-refractivity contribution in [1.29, 1.82) is 0 Å². The van der Waals surface area contributed by atoms with Crippen molar-refractivity contribution in [2.24, 2.45) is 0 Å². The molecule has 1 fully saturated rings. The van der Waals surface area contributed by atoms with Crippen LogP contribution in [0.15, 0.2) is 79.4 Å². The second-order valence-electron chi connectivity index (χ2n) is 8.57. The number of thiazole rings is 1. The number of amides is 1. The van der Waals surface area contributed by atoms with Crippen molar-refractivity contribution in [3.63, 3.8) is 0 Å². The summed E-state index contributed by atoms with van der Waals surface area (Å²) in [5.41, 5.74) is 1.04. The lowest BCUT2D eigenvalue weighted by atomic mass is 9.95. The summed E-state index contributed by atoms with van der Waals surface area (Å²) in [5, 5.41) is 11.4. The largest absolute Gasteiger partial charge is 0.507 e. The number of aliphatic hydroxyl groups excluding tert-OH is 1. The summed E-state index contributed by atoms with van der Waals surface area (Å²) < 4.78 is 16.7. The monoisotopic (exact) mass is 560 g/mol. The molecule has 9 nitrogen and oxygen atoms in total. The highest BCUT2D eigenvalue weighted by Gasteiger charge is 2.48. The van der Waals surface area contributed by atoms with Crippen LogP contribution in [0.25, 0.3) is 5.76 Å². The molecule has 1 N–H and O–H groups in total. The maximum atomic E-state index is 13.5. The number of rotatable bonds is 11. The SMILES string of the molecule is C=CCOC(=O)c1sc(N2C(=O)C(=O)/C(=C(/O)c3ccccc3)C2c2ccc(OCC=C)c(OCC)c2)nc1C. The molecular weight excluding hydrogens is 532 g/mol. The summed E-state index contributed by atoms with van der Waals surface area (Å²) in [7, 11) is 0. The van der Waals surface area contributed by atoms with Gasteiger partial charge in [-0.25, -0.2) is 9.78 Å². The molecule has 2 aromatic carbocycles. The predicted molar refractivity (Wildman–Crippen MR) is 152 cm³/mol.